The van der Waals surface area contributed by atoms with E-state index in [9.17, 15) is 9.13 Å². The first-order valence-electron chi connectivity index (χ1n) is 4.26. The highest BCUT2D eigenvalue weighted by molar-refractivity contribution is 8.65. The Hall–Kier alpha value is 0.0500. The summed E-state index contributed by atoms with van der Waals surface area (Å²) in [7, 11) is -11.9. The van der Waals surface area contributed by atoms with Gasteiger partial charge in [0.15, 0.2) is 0 Å². The molecule has 0 atom stereocenters. The fraction of sp³-hybridized carbons (Fsp3) is 0.200. The number of phosphoric acid groups is 2. The highest BCUT2D eigenvalue weighted by Gasteiger charge is 3.11. The molecule has 4 bridgehead atoms. The first-order chi connectivity index (χ1) is 7.33. The van der Waals surface area contributed by atoms with Crippen LogP contribution in [0.25, 0.3) is 0 Å². The molecular formula is C5H4O8P2S. The Kier molecular flexibility index (Phi) is 0.906. The highest BCUT2D eigenvalue weighted by Crippen LogP contribution is 3.33. The normalized spacial score (nSPS) is 67.2. The summed E-state index contributed by atoms with van der Waals surface area (Å²) in [6, 6.07) is 0. The summed E-state index contributed by atoms with van der Waals surface area (Å²) in [6.45, 7) is 0. The second-order valence-electron chi connectivity index (χ2n) is 3.91. The molecule has 0 aromatic heterocycles. The monoisotopic (exact) mass is 286 g/mol. The lowest BCUT2D eigenvalue weighted by Crippen LogP contribution is -2.67. The molecule has 0 aromatic carbocycles. The lowest BCUT2D eigenvalue weighted by Gasteiger charge is -2.85. The van der Waals surface area contributed by atoms with Crippen molar-refractivity contribution in [2.45, 2.75) is 5.12 Å². The van der Waals surface area contributed by atoms with Crippen LogP contribution < -0.4 is 0 Å². The third-order valence-corrected chi connectivity index (χ3v) is 14.9. The predicted molar refractivity (Wildman–Crippen MR) is 50.3 cm³/mol. The Morgan fingerprint density at radius 1 is 0.938 bits per heavy atom. The SMILES string of the molecule is O=P12OC3(C=CC=CS345(O1)OP(=O)(O4)O5)O2. The van der Waals surface area contributed by atoms with E-state index in [0.717, 1.165) is 0 Å². The molecule has 6 saturated heterocycles. The summed E-state index contributed by atoms with van der Waals surface area (Å²) in [4.78, 5) is 0. The van der Waals surface area contributed by atoms with E-state index in [1.807, 2.05) is 0 Å². The molecule has 0 N–H and O–H groups in total. The molecule has 0 aromatic rings. The molecule has 0 aliphatic carbocycles. The average molecular weight is 286 g/mol. The first kappa shape index (κ1) is 9.04. The molecule has 0 unspecified atom stereocenters. The third kappa shape index (κ3) is 0.488. The van der Waals surface area contributed by atoms with Gasteiger partial charge < -0.3 is 0 Å². The second-order valence-corrected chi connectivity index (χ2v) is 11.8. The maximum atomic E-state index is 11.7. The fourth-order valence-corrected chi connectivity index (χ4v) is 16.7. The van der Waals surface area contributed by atoms with Gasteiger partial charge in [0.05, 0.1) is 0 Å². The molecule has 7 aliphatic heterocycles. The maximum Gasteiger partial charge on any atom is 0.516 e. The van der Waals surface area contributed by atoms with E-state index in [4.69, 9.17) is 24.9 Å². The van der Waals surface area contributed by atoms with Crippen LogP contribution in [0.4, 0.5) is 0 Å². The van der Waals surface area contributed by atoms with E-state index >= 15 is 0 Å². The van der Waals surface area contributed by atoms with Crippen LogP contribution in [-0.4, -0.2) is 5.12 Å². The van der Waals surface area contributed by atoms with Crippen LogP contribution >= 0.6 is 25.1 Å². The minimum Gasteiger partial charge on any atom is -0.233 e. The quantitative estimate of drug-likeness (QED) is 0.628. The number of rotatable bonds is 0. The number of allylic oxidation sites excluding steroid dienone is 2. The van der Waals surface area contributed by atoms with Gasteiger partial charge in [-0.2, -0.15) is 15.9 Å². The lowest BCUT2D eigenvalue weighted by molar-refractivity contribution is -0.114. The number of hydrogen-bond acceptors (Lipinski definition) is 8. The topological polar surface area (TPSA) is 89.5 Å². The van der Waals surface area contributed by atoms with E-state index in [2.05, 4.69) is 0 Å². The molecule has 0 radical (unpaired) electrons. The van der Waals surface area contributed by atoms with Gasteiger partial charge >= 0.3 is 20.8 Å². The Labute approximate surface area is 88.4 Å². The molecular weight excluding hydrogens is 282 g/mol. The smallest absolute Gasteiger partial charge is 0.233 e. The van der Waals surface area contributed by atoms with Crippen molar-refractivity contribution in [3.8, 4) is 0 Å². The molecule has 7 heterocycles. The van der Waals surface area contributed by atoms with Gasteiger partial charge in [-0.05, 0) is 6.08 Å². The van der Waals surface area contributed by atoms with E-state index in [1.54, 1.807) is 6.08 Å². The zero-order valence-corrected chi connectivity index (χ0v) is 9.98. The summed E-state index contributed by atoms with van der Waals surface area (Å²) in [5.41, 5.74) is 0. The third-order valence-electron chi connectivity index (χ3n) is 2.94. The van der Waals surface area contributed by atoms with Crippen molar-refractivity contribution in [3.05, 3.63) is 23.6 Å². The highest BCUT2D eigenvalue weighted by atomic mass is 32.4. The molecule has 0 amide bonds. The Morgan fingerprint density at radius 3 is 2.19 bits per heavy atom. The van der Waals surface area contributed by atoms with E-state index in [1.165, 1.54) is 17.6 Å². The van der Waals surface area contributed by atoms with Gasteiger partial charge in [-0.25, -0.2) is 18.2 Å². The standard InChI is InChI=1S/C5H4O8P2S/c6-14-8-5(9-14)3-1-2-4-16(5,10-14)11-15(7,12-16)13-16/h1-4H. The minimum absolute atomic E-state index is 1.33. The van der Waals surface area contributed by atoms with Gasteiger partial charge in [-0.1, -0.05) is 12.2 Å². The van der Waals surface area contributed by atoms with Crippen molar-refractivity contribution in [2.75, 3.05) is 0 Å². The lowest BCUT2D eigenvalue weighted by atomic mass is 10.4. The van der Waals surface area contributed by atoms with Crippen LogP contribution in [0.2, 0.25) is 0 Å². The molecule has 6 fully saturated rings. The summed E-state index contributed by atoms with van der Waals surface area (Å²) >= 11 is 0. The summed E-state index contributed by atoms with van der Waals surface area (Å²) in [5.74, 6) is 0. The molecule has 7 aliphatic rings. The minimum atomic E-state index is -4.66. The van der Waals surface area contributed by atoms with Gasteiger partial charge in [-0.3, -0.25) is 0 Å². The Balaban J connectivity index is 1.93. The molecule has 16 heavy (non-hydrogen) atoms. The van der Waals surface area contributed by atoms with Crippen molar-refractivity contribution in [1.29, 1.82) is 0 Å². The molecule has 7 rings (SSSR count). The van der Waals surface area contributed by atoms with Gasteiger partial charge in [-0.15, -0.1) is 0 Å². The molecule has 0 saturated carbocycles. The van der Waals surface area contributed by atoms with Gasteiger partial charge in [0.25, 0.3) is 0 Å². The molecule has 2 spiro atoms. The fourth-order valence-electron chi connectivity index (χ4n) is 2.41. The van der Waals surface area contributed by atoms with E-state index in [-0.39, 0.29) is 0 Å². The van der Waals surface area contributed by atoms with Gasteiger partial charge in [0.1, 0.15) is 9.42 Å². The van der Waals surface area contributed by atoms with Crippen molar-refractivity contribution in [1.82, 2.24) is 0 Å². The Morgan fingerprint density at radius 2 is 1.56 bits per heavy atom. The van der Waals surface area contributed by atoms with Crippen molar-refractivity contribution in [3.63, 3.8) is 0 Å². The number of hydrogen-bond donors (Lipinski definition) is 0. The second kappa shape index (κ2) is 1.60. The van der Waals surface area contributed by atoms with Crippen LogP contribution in [0.3, 0.4) is 0 Å². The van der Waals surface area contributed by atoms with Crippen LogP contribution in [-0.2, 0) is 34.1 Å². The van der Waals surface area contributed by atoms with Gasteiger partial charge in [0.2, 0.25) is 0 Å². The zero-order valence-electron chi connectivity index (χ0n) is 7.38. The maximum absolute atomic E-state index is 11.7. The van der Waals surface area contributed by atoms with Crippen molar-refractivity contribution in [2.24, 2.45) is 0 Å². The first-order valence-corrected chi connectivity index (χ1v) is 9.40. The van der Waals surface area contributed by atoms with Crippen LogP contribution in [0.15, 0.2) is 23.6 Å². The molecule has 88 valence electrons. The predicted octanol–water partition coefficient (Wildman–Crippen LogP) is 2.63. The molecule has 8 nitrogen and oxygen atoms in total. The largest absolute Gasteiger partial charge is 0.516 e. The summed E-state index contributed by atoms with van der Waals surface area (Å²) in [5, 5.41) is -0.303. The zero-order chi connectivity index (χ0) is 11.0. The van der Waals surface area contributed by atoms with Crippen LogP contribution in [0.5, 0.6) is 0 Å². The Bertz CT molecular complexity index is 621. The molecule has 11 heteroatoms. The summed E-state index contributed by atoms with van der Waals surface area (Å²) in [6.07, 6.45) is 4.52. The number of phosphoric ester groups is 1. The van der Waals surface area contributed by atoms with Crippen LogP contribution in [0, 0.1) is 0 Å². The van der Waals surface area contributed by atoms with Crippen LogP contribution in [0.1, 0.15) is 0 Å². The van der Waals surface area contributed by atoms with Crippen molar-refractivity contribution >= 4 is 25.1 Å². The van der Waals surface area contributed by atoms with E-state index < -0.39 is 30.2 Å². The average Bonchev–Trinajstić information content (AvgIpc) is 2.38. The van der Waals surface area contributed by atoms with Crippen molar-refractivity contribution < 1.29 is 34.1 Å². The van der Waals surface area contributed by atoms with Gasteiger partial charge in [0, 0.05) is 5.41 Å². The van der Waals surface area contributed by atoms with E-state index in [0.29, 0.717) is 0 Å². The summed E-state index contributed by atoms with van der Waals surface area (Å²) < 4.78 is 54.2.